The number of hydrogen-bond acceptors (Lipinski definition) is 2. The highest BCUT2D eigenvalue weighted by Crippen LogP contribution is 2.18. The van der Waals surface area contributed by atoms with Gasteiger partial charge in [-0.3, -0.25) is 10.4 Å². The van der Waals surface area contributed by atoms with Crippen LogP contribution in [0.25, 0.3) is 0 Å². The molecule has 0 rings (SSSR count). The minimum Gasteiger partial charge on any atom is -0.356 e. The molecule has 0 heterocycles. The molecule has 0 atom stereocenters. The normalized spacial score (nSPS) is 12.8. The lowest BCUT2D eigenvalue weighted by atomic mass is 10.4. The standard InChI is InChI=1S/C6H13F3N4/c1-2-11-5(13-10)12-4-3-6(7,8)9/h2-4,10H2,1H3,(H2,11,12,13). The number of rotatable bonds is 3. The number of guanidine groups is 1. The number of aliphatic imine (C=N–C) groups is 1. The molecule has 0 amide bonds. The highest BCUT2D eigenvalue weighted by Gasteiger charge is 2.26. The topological polar surface area (TPSA) is 62.4 Å². The molecule has 78 valence electrons. The summed E-state index contributed by atoms with van der Waals surface area (Å²) in [6, 6.07) is 0. The van der Waals surface area contributed by atoms with Gasteiger partial charge < -0.3 is 5.32 Å². The lowest BCUT2D eigenvalue weighted by Gasteiger charge is -2.07. The van der Waals surface area contributed by atoms with Crippen molar-refractivity contribution in [2.45, 2.75) is 19.5 Å². The number of nitrogens with two attached hydrogens (primary N) is 1. The second-order valence-electron chi connectivity index (χ2n) is 2.27. The third kappa shape index (κ3) is 7.38. The van der Waals surface area contributed by atoms with Crippen molar-refractivity contribution in [3.63, 3.8) is 0 Å². The Bertz CT molecular complexity index is 166. The zero-order chi connectivity index (χ0) is 10.3. The van der Waals surface area contributed by atoms with Crippen molar-refractivity contribution in [1.82, 2.24) is 10.7 Å². The minimum absolute atomic E-state index is 0.173. The van der Waals surface area contributed by atoms with Crippen molar-refractivity contribution in [3.05, 3.63) is 0 Å². The van der Waals surface area contributed by atoms with Crippen molar-refractivity contribution in [3.8, 4) is 0 Å². The SMILES string of the molecule is CCNC(=NCCC(F)(F)F)NN. The van der Waals surface area contributed by atoms with E-state index >= 15 is 0 Å². The molecule has 0 aromatic rings. The maximum Gasteiger partial charge on any atom is 0.390 e. The van der Waals surface area contributed by atoms with E-state index in [0.29, 0.717) is 6.54 Å². The molecule has 0 unspecified atom stereocenters. The Kier molecular flexibility index (Phi) is 5.20. The van der Waals surface area contributed by atoms with Gasteiger partial charge in [-0.25, -0.2) is 5.84 Å². The van der Waals surface area contributed by atoms with Crippen molar-refractivity contribution >= 4 is 5.96 Å². The Morgan fingerprint density at radius 3 is 2.46 bits per heavy atom. The molecule has 7 heteroatoms. The molecule has 0 saturated carbocycles. The van der Waals surface area contributed by atoms with Crippen LogP contribution in [0.15, 0.2) is 4.99 Å². The van der Waals surface area contributed by atoms with Gasteiger partial charge in [0.1, 0.15) is 0 Å². The average molecular weight is 198 g/mol. The Balaban J connectivity index is 3.79. The Labute approximate surface area is 74.4 Å². The number of hydrazine groups is 1. The second-order valence-corrected chi connectivity index (χ2v) is 2.27. The molecule has 0 saturated heterocycles. The summed E-state index contributed by atoms with van der Waals surface area (Å²) in [5, 5.41) is 2.67. The van der Waals surface area contributed by atoms with E-state index in [0.717, 1.165) is 0 Å². The fourth-order valence-corrected chi connectivity index (χ4v) is 0.614. The van der Waals surface area contributed by atoms with Crippen LogP contribution in [0.2, 0.25) is 0 Å². The first-order valence-electron chi connectivity index (χ1n) is 3.81. The number of hydrogen-bond donors (Lipinski definition) is 3. The van der Waals surface area contributed by atoms with E-state index in [4.69, 9.17) is 5.84 Å². The molecule has 4 N–H and O–H groups in total. The number of halogens is 3. The Morgan fingerprint density at radius 1 is 1.46 bits per heavy atom. The zero-order valence-corrected chi connectivity index (χ0v) is 7.28. The molecule has 0 spiro atoms. The fourth-order valence-electron chi connectivity index (χ4n) is 0.614. The van der Waals surface area contributed by atoms with Crippen LogP contribution in [-0.2, 0) is 0 Å². The monoisotopic (exact) mass is 198 g/mol. The predicted molar refractivity (Wildman–Crippen MR) is 44.0 cm³/mol. The van der Waals surface area contributed by atoms with E-state index in [9.17, 15) is 13.2 Å². The lowest BCUT2D eigenvalue weighted by Crippen LogP contribution is -2.41. The van der Waals surface area contributed by atoms with Gasteiger partial charge in [0.25, 0.3) is 0 Å². The van der Waals surface area contributed by atoms with Gasteiger partial charge in [0.05, 0.1) is 13.0 Å². The maximum absolute atomic E-state index is 11.7. The summed E-state index contributed by atoms with van der Waals surface area (Å²) in [5.74, 6) is 5.16. The molecule has 0 aliphatic heterocycles. The van der Waals surface area contributed by atoms with E-state index in [2.05, 4.69) is 15.7 Å². The van der Waals surface area contributed by atoms with E-state index in [1.807, 2.05) is 0 Å². The van der Waals surface area contributed by atoms with Crippen molar-refractivity contribution in [2.75, 3.05) is 13.1 Å². The first-order valence-corrected chi connectivity index (χ1v) is 3.81. The van der Waals surface area contributed by atoms with Crippen LogP contribution in [0.4, 0.5) is 13.2 Å². The van der Waals surface area contributed by atoms with E-state index in [-0.39, 0.29) is 12.5 Å². The van der Waals surface area contributed by atoms with Gasteiger partial charge in [-0.05, 0) is 6.92 Å². The third-order valence-corrected chi connectivity index (χ3v) is 1.15. The molecule has 0 aliphatic carbocycles. The Hall–Kier alpha value is -0.980. The first-order chi connectivity index (χ1) is 5.99. The molecular formula is C6H13F3N4. The fraction of sp³-hybridized carbons (Fsp3) is 0.833. The van der Waals surface area contributed by atoms with Gasteiger partial charge in [-0.1, -0.05) is 0 Å². The van der Waals surface area contributed by atoms with Crippen LogP contribution in [0.1, 0.15) is 13.3 Å². The summed E-state index contributed by atoms with van der Waals surface area (Å²) in [6.45, 7) is 2.02. The minimum atomic E-state index is -4.17. The number of nitrogens with zero attached hydrogens (tertiary/aromatic N) is 1. The average Bonchev–Trinajstić information content (AvgIpc) is 2.01. The third-order valence-electron chi connectivity index (χ3n) is 1.15. The van der Waals surface area contributed by atoms with Crippen LogP contribution >= 0.6 is 0 Å². The lowest BCUT2D eigenvalue weighted by molar-refractivity contribution is -0.132. The van der Waals surface area contributed by atoms with Gasteiger partial charge in [-0.2, -0.15) is 13.2 Å². The van der Waals surface area contributed by atoms with E-state index in [1.54, 1.807) is 6.92 Å². The second kappa shape index (κ2) is 5.63. The summed E-state index contributed by atoms with van der Waals surface area (Å²) in [6.07, 6.45) is -5.11. The highest BCUT2D eigenvalue weighted by molar-refractivity contribution is 5.78. The molecular weight excluding hydrogens is 185 g/mol. The van der Waals surface area contributed by atoms with Crippen molar-refractivity contribution in [2.24, 2.45) is 10.8 Å². The van der Waals surface area contributed by atoms with Crippen LogP contribution < -0.4 is 16.6 Å². The van der Waals surface area contributed by atoms with Gasteiger partial charge in [0.2, 0.25) is 5.96 Å². The van der Waals surface area contributed by atoms with E-state index < -0.39 is 12.6 Å². The number of nitrogens with one attached hydrogen (secondary N) is 2. The molecule has 0 fully saturated rings. The van der Waals surface area contributed by atoms with Crippen LogP contribution in [0.3, 0.4) is 0 Å². The quantitative estimate of drug-likeness (QED) is 0.266. The number of alkyl halides is 3. The van der Waals surface area contributed by atoms with Crippen LogP contribution in [0, 0.1) is 0 Å². The van der Waals surface area contributed by atoms with Gasteiger partial charge in [-0.15, -0.1) is 0 Å². The van der Waals surface area contributed by atoms with Crippen molar-refractivity contribution in [1.29, 1.82) is 0 Å². The van der Waals surface area contributed by atoms with Gasteiger partial charge in [0, 0.05) is 6.54 Å². The van der Waals surface area contributed by atoms with Gasteiger partial charge >= 0.3 is 6.18 Å². The molecule has 0 aromatic carbocycles. The first kappa shape index (κ1) is 12.0. The Morgan fingerprint density at radius 2 is 2.08 bits per heavy atom. The summed E-state index contributed by atoms with van der Waals surface area (Å²) < 4.78 is 35.0. The maximum atomic E-state index is 11.7. The zero-order valence-electron chi connectivity index (χ0n) is 7.28. The molecule has 4 nitrogen and oxygen atoms in total. The molecule has 0 aromatic heterocycles. The summed E-state index contributed by atoms with van der Waals surface area (Å²) >= 11 is 0. The molecule has 0 aliphatic rings. The van der Waals surface area contributed by atoms with Crippen LogP contribution in [-0.4, -0.2) is 25.2 Å². The molecule has 13 heavy (non-hydrogen) atoms. The van der Waals surface area contributed by atoms with Crippen molar-refractivity contribution < 1.29 is 13.2 Å². The largest absolute Gasteiger partial charge is 0.390 e. The summed E-state index contributed by atoms with van der Waals surface area (Å²) in [5.41, 5.74) is 2.16. The summed E-state index contributed by atoms with van der Waals surface area (Å²) in [4.78, 5) is 3.57. The van der Waals surface area contributed by atoms with Gasteiger partial charge in [0.15, 0.2) is 0 Å². The smallest absolute Gasteiger partial charge is 0.356 e. The highest BCUT2D eigenvalue weighted by atomic mass is 19.4. The van der Waals surface area contributed by atoms with Crippen LogP contribution in [0.5, 0.6) is 0 Å². The predicted octanol–water partition coefficient (Wildman–Crippen LogP) is 0.368. The molecule has 0 radical (unpaired) electrons. The summed E-state index contributed by atoms with van der Waals surface area (Å²) in [7, 11) is 0. The molecule has 0 bridgehead atoms. The van der Waals surface area contributed by atoms with E-state index in [1.165, 1.54) is 0 Å².